The molecule has 0 radical (unpaired) electrons. The molecule has 0 saturated heterocycles. The van der Waals surface area contributed by atoms with Gasteiger partial charge in [-0.15, -0.1) is 0 Å². The van der Waals surface area contributed by atoms with Crippen molar-refractivity contribution < 1.29 is 10.0 Å². The number of pyridine rings is 1. The topological polar surface area (TPSA) is 69.9 Å². The van der Waals surface area contributed by atoms with Crippen molar-refractivity contribution in [3.8, 4) is 0 Å². The first-order valence-electron chi connectivity index (χ1n) is 9.70. The van der Waals surface area contributed by atoms with Gasteiger partial charge < -0.3 is 4.90 Å². The molecule has 1 aliphatic heterocycles. The monoisotopic (exact) mass is 398 g/mol. The molecule has 3 aromatic rings. The number of rotatable bonds is 6. The van der Waals surface area contributed by atoms with Gasteiger partial charge in [-0.05, 0) is 53.5 Å². The predicted molar refractivity (Wildman–Crippen MR) is 117 cm³/mol. The van der Waals surface area contributed by atoms with Gasteiger partial charge in [-0.2, -0.15) is 5.10 Å². The van der Waals surface area contributed by atoms with E-state index in [4.69, 9.17) is 5.21 Å². The third kappa shape index (κ3) is 4.39. The molecule has 0 saturated carbocycles. The molecule has 0 spiro atoms. The highest BCUT2D eigenvalue weighted by Gasteiger charge is 2.12. The minimum Gasteiger partial charge on any atom is -0.347 e. The number of nitrogens with zero attached hydrogens (tertiary/aromatic N) is 3. The number of hydrogen-bond acceptors (Lipinski definition) is 4. The van der Waals surface area contributed by atoms with Gasteiger partial charge in [0, 0.05) is 30.7 Å². The number of benzene rings is 1. The fourth-order valence-corrected chi connectivity index (χ4v) is 3.39. The minimum absolute atomic E-state index is 0.556. The molecule has 1 amide bonds. The molecule has 0 aliphatic carbocycles. The maximum Gasteiger partial charge on any atom is 0.267 e. The van der Waals surface area contributed by atoms with Gasteiger partial charge >= 0.3 is 0 Å². The zero-order valence-corrected chi connectivity index (χ0v) is 16.3. The van der Waals surface area contributed by atoms with E-state index in [1.807, 2.05) is 71.5 Å². The molecule has 2 N–H and O–H groups in total. The van der Waals surface area contributed by atoms with Gasteiger partial charge in [0.2, 0.25) is 0 Å². The zero-order valence-electron chi connectivity index (χ0n) is 16.3. The first-order valence-corrected chi connectivity index (χ1v) is 9.70. The second-order valence-corrected chi connectivity index (χ2v) is 6.85. The molecular formula is C24H22N4O2. The molecule has 30 heavy (non-hydrogen) atoms. The lowest BCUT2D eigenvalue weighted by Gasteiger charge is -2.23. The van der Waals surface area contributed by atoms with Crippen LogP contribution in [0, 0.1) is 0 Å². The molecule has 0 atom stereocenters. The van der Waals surface area contributed by atoms with Crippen LogP contribution in [0.2, 0.25) is 0 Å². The maximum absolute atomic E-state index is 11.1. The molecule has 6 heteroatoms. The quantitative estimate of drug-likeness (QED) is 0.376. The first-order chi connectivity index (χ1) is 14.7. The lowest BCUT2D eigenvalue weighted by molar-refractivity contribution is -0.124. The van der Waals surface area contributed by atoms with Crippen LogP contribution in [0.5, 0.6) is 0 Å². The van der Waals surface area contributed by atoms with Crippen LogP contribution in [0.15, 0.2) is 91.4 Å². The number of carbonyl (C=O) groups is 1. The Morgan fingerprint density at radius 2 is 1.97 bits per heavy atom. The average Bonchev–Trinajstić information content (AvgIpc) is 3.05. The second kappa shape index (κ2) is 9.07. The molecule has 4 rings (SSSR count). The number of allylic oxidation sites excluding steroid dienone is 4. The highest BCUT2D eigenvalue weighted by molar-refractivity contribution is 5.90. The smallest absolute Gasteiger partial charge is 0.267 e. The summed E-state index contributed by atoms with van der Waals surface area (Å²) in [5.74, 6) is -0.556. The largest absolute Gasteiger partial charge is 0.347 e. The minimum atomic E-state index is -0.556. The third-order valence-electron chi connectivity index (χ3n) is 4.92. The number of aromatic nitrogens is 2. The van der Waals surface area contributed by atoms with Crippen LogP contribution in [-0.4, -0.2) is 32.2 Å². The first kappa shape index (κ1) is 19.4. The Kier molecular flexibility index (Phi) is 5.87. The van der Waals surface area contributed by atoms with Gasteiger partial charge in [0.05, 0.1) is 11.7 Å². The Labute approximate surface area is 174 Å². The van der Waals surface area contributed by atoms with Crippen LogP contribution in [0.25, 0.3) is 17.3 Å². The van der Waals surface area contributed by atoms with Crippen LogP contribution in [0.3, 0.4) is 0 Å². The Morgan fingerprint density at radius 1 is 1.10 bits per heavy atom. The normalized spacial score (nSPS) is 13.6. The van der Waals surface area contributed by atoms with E-state index in [0.717, 1.165) is 35.3 Å². The van der Waals surface area contributed by atoms with Gasteiger partial charge in [0.1, 0.15) is 0 Å². The maximum atomic E-state index is 11.1. The van der Waals surface area contributed by atoms with Gasteiger partial charge in [-0.25, -0.2) is 10.00 Å². The number of carbonyl (C=O) groups excluding carboxylic acids is 1. The fraction of sp³-hybridized carbons (Fsp3) is 0.0833. The van der Waals surface area contributed by atoms with Crippen molar-refractivity contribution >= 4 is 23.2 Å². The van der Waals surface area contributed by atoms with Crippen molar-refractivity contribution in [3.63, 3.8) is 0 Å². The van der Waals surface area contributed by atoms with Crippen molar-refractivity contribution in [1.82, 2.24) is 20.0 Å². The van der Waals surface area contributed by atoms with E-state index < -0.39 is 5.91 Å². The van der Waals surface area contributed by atoms with E-state index in [2.05, 4.69) is 28.3 Å². The van der Waals surface area contributed by atoms with Gasteiger partial charge in [0.15, 0.2) is 0 Å². The average molecular weight is 398 g/mol. The summed E-state index contributed by atoms with van der Waals surface area (Å²) in [7, 11) is 0. The molecule has 3 heterocycles. The summed E-state index contributed by atoms with van der Waals surface area (Å²) in [6.07, 6.45) is 18.0. The standard InChI is InChI=1S/C24H22N4O2/c29-24(26-30)13-10-19-8-11-20(12-9-19)22-6-2-1-4-15-27(22)17-14-21-18-25-28-16-5-3-7-23(21)28/h1-13,15-16,18,30H,14,17H2,(H,26,29)/b13-10+. The summed E-state index contributed by atoms with van der Waals surface area (Å²) < 4.78 is 1.90. The predicted octanol–water partition coefficient (Wildman–Crippen LogP) is 3.82. The Hall–Kier alpha value is -3.90. The molecule has 0 unspecified atom stereocenters. The SMILES string of the molecule is O=C(/C=C/c1ccc(C2=CC=CC=CN2CCc2cnn3ccccc23)cc1)NO. The number of nitrogens with one attached hydrogen (secondary N) is 1. The number of fused-ring (bicyclic) bond motifs is 1. The Balaban J connectivity index is 1.51. The van der Waals surface area contributed by atoms with Crippen LogP contribution in [0.4, 0.5) is 0 Å². The van der Waals surface area contributed by atoms with Crippen molar-refractivity contribution in [3.05, 3.63) is 108 Å². The summed E-state index contributed by atoms with van der Waals surface area (Å²) in [5, 5.41) is 13.0. The van der Waals surface area contributed by atoms with E-state index in [1.54, 1.807) is 11.6 Å². The van der Waals surface area contributed by atoms with Crippen LogP contribution in [0.1, 0.15) is 16.7 Å². The molecule has 1 aliphatic rings. The third-order valence-corrected chi connectivity index (χ3v) is 4.92. The molecule has 6 nitrogen and oxygen atoms in total. The summed E-state index contributed by atoms with van der Waals surface area (Å²) in [6, 6.07) is 14.0. The summed E-state index contributed by atoms with van der Waals surface area (Å²) in [6.45, 7) is 0.818. The molecule has 0 fully saturated rings. The van der Waals surface area contributed by atoms with E-state index in [-0.39, 0.29) is 0 Å². The van der Waals surface area contributed by atoms with E-state index in [9.17, 15) is 4.79 Å². The fourth-order valence-electron chi connectivity index (χ4n) is 3.39. The lowest BCUT2D eigenvalue weighted by atomic mass is 10.1. The number of amides is 1. The van der Waals surface area contributed by atoms with Crippen molar-refractivity contribution in [1.29, 1.82) is 0 Å². The highest BCUT2D eigenvalue weighted by atomic mass is 16.5. The molecular weight excluding hydrogens is 376 g/mol. The summed E-state index contributed by atoms with van der Waals surface area (Å²) in [4.78, 5) is 13.4. The van der Waals surface area contributed by atoms with Crippen molar-refractivity contribution in [2.75, 3.05) is 6.54 Å². The molecule has 0 bridgehead atoms. The van der Waals surface area contributed by atoms with Crippen LogP contribution < -0.4 is 5.48 Å². The van der Waals surface area contributed by atoms with Crippen molar-refractivity contribution in [2.24, 2.45) is 0 Å². The van der Waals surface area contributed by atoms with Gasteiger partial charge in [-0.3, -0.25) is 10.0 Å². The van der Waals surface area contributed by atoms with Crippen molar-refractivity contribution in [2.45, 2.75) is 6.42 Å². The summed E-state index contributed by atoms with van der Waals surface area (Å²) >= 11 is 0. The number of hydrogen-bond donors (Lipinski definition) is 2. The van der Waals surface area contributed by atoms with Gasteiger partial charge in [0.25, 0.3) is 5.91 Å². The van der Waals surface area contributed by atoms with Gasteiger partial charge in [-0.1, -0.05) is 42.5 Å². The van der Waals surface area contributed by atoms with Crippen LogP contribution >= 0.6 is 0 Å². The zero-order chi connectivity index (χ0) is 20.8. The van der Waals surface area contributed by atoms with E-state index in [1.165, 1.54) is 11.6 Å². The molecule has 2 aromatic heterocycles. The molecule has 1 aromatic carbocycles. The van der Waals surface area contributed by atoms with Crippen LogP contribution in [-0.2, 0) is 11.2 Å². The number of hydroxylamine groups is 1. The van der Waals surface area contributed by atoms with E-state index in [0.29, 0.717) is 0 Å². The second-order valence-electron chi connectivity index (χ2n) is 6.85. The lowest BCUT2D eigenvalue weighted by Crippen LogP contribution is -2.18. The van der Waals surface area contributed by atoms with E-state index >= 15 is 0 Å². The highest BCUT2D eigenvalue weighted by Crippen LogP contribution is 2.23. The Bertz CT molecular complexity index is 1150. The molecule has 150 valence electrons. The summed E-state index contributed by atoms with van der Waals surface area (Å²) in [5.41, 5.74) is 6.98. The Morgan fingerprint density at radius 3 is 2.80 bits per heavy atom.